The largest absolute Gasteiger partial charge is 0.480 e. The first-order valence-electron chi connectivity index (χ1n) is 4.80. The first kappa shape index (κ1) is 9.45. The Balaban J connectivity index is 2.02. The van der Waals surface area contributed by atoms with Gasteiger partial charge in [-0.2, -0.15) is 0 Å². The molecule has 0 bridgehead atoms. The molecule has 2 heterocycles. The highest BCUT2D eigenvalue weighted by molar-refractivity contribution is 5.88. The van der Waals surface area contributed by atoms with Crippen molar-refractivity contribution in [2.45, 2.75) is 38.0 Å². The number of carboxylic acid groups (broad SMARTS) is 1. The molecule has 5 heteroatoms. The third kappa shape index (κ3) is 1.48. The van der Waals surface area contributed by atoms with Crippen LogP contribution >= 0.6 is 0 Å². The molecule has 0 aromatic carbocycles. The number of hydrogen-bond donors (Lipinski definition) is 1. The van der Waals surface area contributed by atoms with Crippen molar-refractivity contribution in [3.63, 3.8) is 0 Å². The molecular weight excluding hydrogens is 186 g/mol. The number of amides is 1. The molecule has 78 valence electrons. The van der Waals surface area contributed by atoms with E-state index in [1.807, 2.05) is 6.92 Å². The minimum atomic E-state index is -0.913. The lowest BCUT2D eigenvalue weighted by atomic mass is 10.2. The topological polar surface area (TPSA) is 70.1 Å². The fourth-order valence-electron chi connectivity index (χ4n) is 1.90. The second-order valence-corrected chi connectivity index (χ2v) is 3.79. The molecule has 1 amide bonds. The predicted molar refractivity (Wildman–Crippen MR) is 46.7 cm³/mol. The molecule has 2 aliphatic rings. The van der Waals surface area contributed by atoms with E-state index in [1.165, 1.54) is 4.90 Å². The first-order valence-corrected chi connectivity index (χ1v) is 4.80. The molecule has 2 saturated heterocycles. The molecule has 2 unspecified atom stereocenters. The normalized spacial score (nSPS) is 35.8. The Morgan fingerprint density at radius 2 is 2.14 bits per heavy atom. The van der Waals surface area contributed by atoms with Gasteiger partial charge in [0.25, 0.3) is 5.91 Å². The minimum absolute atomic E-state index is 0.0439. The number of hydrogen-bond acceptors (Lipinski definition) is 3. The van der Waals surface area contributed by atoms with Crippen LogP contribution in [0.3, 0.4) is 0 Å². The maximum absolute atomic E-state index is 11.7. The quantitative estimate of drug-likeness (QED) is 0.628. The van der Waals surface area contributed by atoms with Gasteiger partial charge in [-0.15, -0.1) is 0 Å². The van der Waals surface area contributed by atoms with Gasteiger partial charge in [0.05, 0.1) is 6.10 Å². The smallest absolute Gasteiger partial charge is 0.326 e. The van der Waals surface area contributed by atoms with E-state index in [-0.39, 0.29) is 12.0 Å². The Kier molecular flexibility index (Phi) is 2.19. The molecule has 5 nitrogen and oxygen atoms in total. The highest BCUT2D eigenvalue weighted by Gasteiger charge is 2.47. The van der Waals surface area contributed by atoms with Crippen molar-refractivity contribution < 1.29 is 19.4 Å². The van der Waals surface area contributed by atoms with E-state index < -0.39 is 18.1 Å². The highest BCUT2D eigenvalue weighted by atomic mass is 16.6. The summed E-state index contributed by atoms with van der Waals surface area (Å²) in [7, 11) is 0. The molecule has 2 fully saturated rings. The minimum Gasteiger partial charge on any atom is -0.480 e. The average molecular weight is 199 g/mol. The number of carbonyl (C=O) groups excluding carboxylic acids is 1. The molecule has 0 aromatic heterocycles. The molecule has 2 rings (SSSR count). The molecular formula is C9H13NO4. The van der Waals surface area contributed by atoms with Crippen LogP contribution in [0.25, 0.3) is 0 Å². The number of carboxylic acids is 1. The number of rotatable bonds is 2. The van der Waals surface area contributed by atoms with Crippen molar-refractivity contribution >= 4 is 11.9 Å². The zero-order chi connectivity index (χ0) is 10.3. The summed E-state index contributed by atoms with van der Waals surface area (Å²) in [6, 6.07) is -0.640. The third-order valence-electron chi connectivity index (χ3n) is 2.78. The van der Waals surface area contributed by atoms with Gasteiger partial charge in [0.1, 0.15) is 6.04 Å². The van der Waals surface area contributed by atoms with Gasteiger partial charge in [0.15, 0.2) is 6.10 Å². The monoisotopic (exact) mass is 199 g/mol. The van der Waals surface area contributed by atoms with Gasteiger partial charge < -0.3 is 14.7 Å². The number of ether oxygens (including phenoxy) is 1. The van der Waals surface area contributed by atoms with Crippen LogP contribution < -0.4 is 0 Å². The molecule has 14 heavy (non-hydrogen) atoms. The van der Waals surface area contributed by atoms with E-state index in [1.54, 1.807) is 0 Å². The average Bonchev–Trinajstić information content (AvgIpc) is 2.69. The second kappa shape index (κ2) is 3.24. The highest BCUT2D eigenvalue weighted by Crippen LogP contribution is 2.27. The van der Waals surface area contributed by atoms with Crippen LogP contribution in [0.4, 0.5) is 0 Å². The van der Waals surface area contributed by atoms with E-state index in [4.69, 9.17) is 9.84 Å². The maximum Gasteiger partial charge on any atom is 0.326 e. The van der Waals surface area contributed by atoms with Crippen LogP contribution in [0, 0.1) is 0 Å². The predicted octanol–water partition coefficient (Wildman–Crippen LogP) is -0.151. The standard InChI is InChI=1S/C9H13NO4/c1-5-7(14-5)8(11)10-4-2-3-6(10)9(12)13/h5-7H,2-4H2,1H3,(H,12,13)/t5?,6-,7?/m0/s1. The Morgan fingerprint density at radius 3 is 2.64 bits per heavy atom. The van der Waals surface area contributed by atoms with Crippen molar-refractivity contribution in [1.29, 1.82) is 0 Å². The lowest BCUT2D eigenvalue weighted by Gasteiger charge is -2.20. The van der Waals surface area contributed by atoms with Crippen LogP contribution in [0.1, 0.15) is 19.8 Å². The van der Waals surface area contributed by atoms with Crippen molar-refractivity contribution in [1.82, 2.24) is 4.90 Å². The summed E-state index contributed by atoms with van der Waals surface area (Å²) < 4.78 is 5.03. The van der Waals surface area contributed by atoms with Crippen molar-refractivity contribution in [2.75, 3.05) is 6.54 Å². The molecule has 0 aliphatic carbocycles. The van der Waals surface area contributed by atoms with Gasteiger partial charge >= 0.3 is 5.97 Å². The molecule has 0 spiro atoms. The molecule has 0 saturated carbocycles. The van der Waals surface area contributed by atoms with Gasteiger partial charge in [-0.05, 0) is 19.8 Å². The lowest BCUT2D eigenvalue weighted by molar-refractivity contribution is -0.148. The molecule has 0 aromatic rings. The van der Waals surface area contributed by atoms with Crippen molar-refractivity contribution in [3.8, 4) is 0 Å². The molecule has 2 aliphatic heterocycles. The number of aliphatic carboxylic acids is 1. The number of epoxide rings is 1. The van der Waals surface area contributed by atoms with Crippen LogP contribution in [0.15, 0.2) is 0 Å². The summed E-state index contributed by atoms with van der Waals surface area (Å²) in [6.07, 6.45) is 0.888. The van der Waals surface area contributed by atoms with Crippen LogP contribution in [-0.2, 0) is 14.3 Å². The summed E-state index contributed by atoms with van der Waals surface area (Å²) in [5.74, 6) is -1.08. The van der Waals surface area contributed by atoms with Crippen LogP contribution in [0.2, 0.25) is 0 Å². The number of nitrogens with zero attached hydrogens (tertiary/aromatic N) is 1. The Labute approximate surface area is 81.6 Å². The maximum atomic E-state index is 11.7. The van der Waals surface area contributed by atoms with Crippen molar-refractivity contribution in [3.05, 3.63) is 0 Å². The fourth-order valence-corrected chi connectivity index (χ4v) is 1.90. The fraction of sp³-hybridized carbons (Fsp3) is 0.778. The molecule has 3 atom stereocenters. The zero-order valence-electron chi connectivity index (χ0n) is 7.97. The second-order valence-electron chi connectivity index (χ2n) is 3.79. The molecule has 1 N–H and O–H groups in total. The Hall–Kier alpha value is -1.10. The Bertz CT molecular complexity index is 278. The van der Waals surface area contributed by atoms with Gasteiger partial charge in [-0.1, -0.05) is 0 Å². The van der Waals surface area contributed by atoms with Crippen LogP contribution in [0.5, 0.6) is 0 Å². The third-order valence-corrected chi connectivity index (χ3v) is 2.78. The van der Waals surface area contributed by atoms with E-state index in [2.05, 4.69) is 0 Å². The SMILES string of the molecule is CC1OC1C(=O)N1CCC[C@H]1C(=O)O. The zero-order valence-corrected chi connectivity index (χ0v) is 7.97. The summed E-state index contributed by atoms with van der Waals surface area (Å²) in [5.41, 5.74) is 0. The molecule has 0 radical (unpaired) electrons. The van der Waals surface area contributed by atoms with E-state index in [9.17, 15) is 9.59 Å². The first-order chi connectivity index (χ1) is 6.61. The summed E-state index contributed by atoms with van der Waals surface area (Å²) in [6.45, 7) is 2.36. The Morgan fingerprint density at radius 1 is 1.50 bits per heavy atom. The van der Waals surface area contributed by atoms with E-state index in [0.717, 1.165) is 6.42 Å². The van der Waals surface area contributed by atoms with Crippen molar-refractivity contribution in [2.24, 2.45) is 0 Å². The van der Waals surface area contributed by atoms with Gasteiger partial charge in [0.2, 0.25) is 0 Å². The van der Waals surface area contributed by atoms with E-state index >= 15 is 0 Å². The van der Waals surface area contributed by atoms with Gasteiger partial charge in [0, 0.05) is 6.54 Å². The van der Waals surface area contributed by atoms with Gasteiger partial charge in [-0.25, -0.2) is 4.79 Å². The summed E-state index contributed by atoms with van der Waals surface area (Å²) in [5, 5.41) is 8.87. The number of likely N-dealkylation sites (tertiary alicyclic amines) is 1. The van der Waals surface area contributed by atoms with E-state index in [0.29, 0.717) is 13.0 Å². The number of carbonyl (C=O) groups is 2. The lowest BCUT2D eigenvalue weighted by Crippen LogP contribution is -2.42. The summed E-state index contributed by atoms with van der Waals surface area (Å²) >= 11 is 0. The van der Waals surface area contributed by atoms with Gasteiger partial charge in [-0.3, -0.25) is 4.79 Å². The summed E-state index contributed by atoms with van der Waals surface area (Å²) in [4.78, 5) is 23.9. The van der Waals surface area contributed by atoms with Crippen LogP contribution in [-0.4, -0.2) is 46.7 Å².